The second kappa shape index (κ2) is 8.78. The van der Waals surface area contributed by atoms with Gasteiger partial charge in [-0.25, -0.2) is 17.6 Å². The van der Waals surface area contributed by atoms with Crippen LogP contribution in [0.1, 0.15) is 27.8 Å². The summed E-state index contributed by atoms with van der Waals surface area (Å²) in [4.78, 5) is 0. The van der Waals surface area contributed by atoms with E-state index in [2.05, 4.69) is 0 Å². The molecule has 32 heavy (non-hydrogen) atoms. The van der Waals surface area contributed by atoms with E-state index in [1.54, 1.807) is 0 Å². The number of hydrogen-bond acceptors (Lipinski definition) is 7. The van der Waals surface area contributed by atoms with Crippen molar-refractivity contribution in [2.75, 3.05) is 0 Å². The molecule has 0 saturated carbocycles. The Labute approximate surface area is 176 Å². The molecule has 2 aromatic carbocycles. The first-order valence-electron chi connectivity index (χ1n) is 7.90. The zero-order valence-electron chi connectivity index (χ0n) is 15.2. The van der Waals surface area contributed by atoms with Gasteiger partial charge >= 0.3 is 0 Å². The summed E-state index contributed by atoms with van der Waals surface area (Å²) in [5, 5.41) is 63.5. The van der Waals surface area contributed by atoms with Crippen LogP contribution in [-0.4, -0.2) is 0 Å². The second-order valence-electron chi connectivity index (χ2n) is 5.64. The van der Waals surface area contributed by atoms with Crippen molar-refractivity contribution in [2.24, 2.45) is 0 Å². The van der Waals surface area contributed by atoms with Crippen LogP contribution < -0.4 is 10.4 Å². The molecule has 0 radical (unpaired) electrons. The Bertz CT molecular complexity index is 1590. The molecule has 148 valence electrons. The number of nitriles is 7. The van der Waals surface area contributed by atoms with E-state index < -0.39 is 72.7 Å². The maximum absolute atomic E-state index is 14.6. The average molecular weight is 427 g/mol. The Morgan fingerprint density at radius 2 is 1.09 bits per heavy atom. The summed E-state index contributed by atoms with van der Waals surface area (Å²) >= 11 is 0. The van der Waals surface area contributed by atoms with Crippen molar-refractivity contribution in [1.82, 2.24) is 0 Å². The Balaban J connectivity index is 3.45. The highest BCUT2D eigenvalue weighted by molar-refractivity contribution is 5.82. The van der Waals surface area contributed by atoms with Crippen molar-refractivity contribution >= 4 is 11.1 Å². The molecule has 0 saturated heterocycles. The van der Waals surface area contributed by atoms with Gasteiger partial charge in [-0.1, -0.05) is 0 Å². The summed E-state index contributed by atoms with van der Waals surface area (Å²) in [5.74, 6) is -8.52. The van der Waals surface area contributed by atoms with Crippen molar-refractivity contribution in [3.63, 3.8) is 0 Å². The van der Waals surface area contributed by atoms with Crippen LogP contribution in [0.2, 0.25) is 0 Å². The summed E-state index contributed by atoms with van der Waals surface area (Å²) < 4.78 is 57.3. The molecule has 2 aromatic rings. The standard InChI is InChI=1S/C21HF4N7/c22-18-15(8-32)19(23)21(25)17(20(18)24)14(7-31)16-9(2-26)1-11(10(3-27)4-28)12(5-29)13(16)6-30/h1H/b16-14+. The van der Waals surface area contributed by atoms with E-state index in [-0.39, 0.29) is 0 Å². The first-order valence-corrected chi connectivity index (χ1v) is 7.90. The lowest BCUT2D eigenvalue weighted by Gasteiger charge is -2.10. The van der Waals surface area contributed by atoms with Gasteiger partial charge in [-0.05, 0) is 6.07 Å². The van der Waals surface area contributed by atoms with Crippen LogP contribution in [0, 0.1) is 103 Å². The van der Waals surface area contributed by atoms with E-state index in [1.807, 2.05) is 0 Å². The van der Waals surface area contributed by atoms with E-state index in [9.17, 15) is 38.6 Å². The lowest BCUT2D eigenvalue weighted by atomic mass is 9.91. The summed E-state index contributed by atoms with van der Waals surface area (Å²) in [7, 11) is 0. The van der Waals surface area contributed by atoms with Crippen LogP contribution in [0.4, 0.5) is 17.6 Å². The molecule has 7 nitrogen and oxygen atoms in total. The van der Waals surface area contributed by atoms with Crippen molar-refractivity contribution in [3.05, 3.63) is 67.6 Å². The van der Waals surface area contributed by atoms with Crippen molar-refractivity contribution in [3.8, 4) is 42.5 Å². The van der Waals surface area contributed by atoms with Gasteiger partial charge in [0.2, 0.25) is 0 Å². The van der Waals surface area contributed by atoms with E-state index in [0.717, 1.165) is 12.1 Å². The largest absolute Gasteiger partial charge is 0.203 e. The first-order chi connectivity index (χ1) is 15.3. The number of rotatable bonds is 1. The fourth-order valence-corrected chi connectivity index (χ4v) is 2.79. The normalized spacial score (nSPS) is 10.2. The second-order valence-corrected chi connectivity index (χ2v) is 5.64. The Morgan fingerprint density at radius 1 is 0.594 bits per heavy atom. The highest BCUT2D eigenvalue weighted by Crippen LogP contribution is 2.28. The molecule has 11 heteroatoms. The van der Waals surface area contributed by atoms with Crippen molar-refractivity contribution in [2.45, 2.75) is 0 Å². The smallest absolute Gasteiger partial charge is 0.180 e. The summed E-state index contributed by atoms with van der Waals surface area (Å²) in [6.45, 7) is 0. The fraction of sp³-hybridized carbons (Fsp3) is 0. The Kier molecular flexibility index (Phi) is 6.20. The lowest BCUT2D eigenvalue weighted by molar-refractivity contribution is 0.447. The molecule has 0 spiro atoms. The fourth-order valence-electron chi connectivity index (χ4n) is 2.79. The summed E-state index contributed by atoms with van der Waals surface area (Å²) in [5.41, 5.74) is -7.36. The zero-order valence-corrected chi connectivity index (χ0v) is 15.2. The summed E-state index contributed by atoms with van der Waals surface area (Å²) in [6, 6.07) is 10.3. The lowest BCUT2D eigenvalue weighted by Crippen LogP contribution is -2.26. The molecule has 0 aliphatic carbocycles. The van der Waals surface area contributed by atoms with Crippen LogP contribution in [0.25, 0.3) is 11.1 Å². The predicted octanol–water partition coefficient (Wildman–Crippen LogP) is 1.65. The van der Waals surface area contributed by atoms with Gasteiger partial charge in [-0.15, -0.1) is 0 Å². The maximum atomic E-state index is 14.6. The monoisotopic (exact) mass is 427 g/mol. The topological polar surface area (TPSA) is 167 Å². The molecule has 0 N–H and O–H groups in total. The molecular weight excluding hydrogens is 426 g/mol. The molecular formula is C21HF4N7. The van der Waals surface area contributed by atoms with Gasteiger partial charge in [0.15, 0.2) is 23.3 Å². The zero-order chi connectivity index (χ0) is 24.2. The van der Waals surface area contributed by atoms with Crippen LogP contribution >= 0.6 is 0 Å². The van der Waals surface area contributed by atoms with Gasteiger partial charge in [0, 0.05) is 10.4 Å². The van der Waals surface area contributed by atoms with Gasteiger partial charge < -0.3 is 0 Å². The number of nitrogens with zero attached hydrogens (tertiary/aromatic N) is 7. The van der Waals surface area contributed by atoms with Crippen molar-refractivity contribution < 1.29 is 17.6 Å². The molecule has 0 aliphatic heterocycles. The molecule has 0 heterocycles. The van der Waals surface area contributed by atoms with Gasteiger partial charge in [0.05, 0.1) is 33.9 Å². The highest BCUT2D eigenvalue weighted by atomic mass is 19.2. The third-order valence-corrected chi connectivity index (χ3v) is 4.15. The summed E-state index contributed by atoms with van der Waals surface area (Å²) in [6.07, 6.45) is 0. The van der Waals surface area contributed by atoms with Crippen LogP contribution in [0.5, 0.6) is 0 Å². The number of hydrogen-bond donors (Lipinski definition) is 0. The minimum Gasteiger partial charge on any atom is -0.203 e. The van der Waals surface area contributed by atoms with Crippen LogP contribution in [-0.2, 0) is 0 Å². The van der Waals surface area contributed by atoms with Crippen LogP contribution in [0.15, 0.2) is 6.07 Å². The Morgan fingerprint density at radius 3 is 1.47 bits per heavy atom. The molecule has 0 bridgehead atoms. The molecule has 0 amide bonds. The predicted molar refractivity (Wildman–Crippen MR) is 93.6 cm³/mol. The first kappa shape index (κ1) is 22.6. The van der Waals surface area contributed by atoms with Gasteiger partial charge in [-0.2, -0.15) is 36.8 Å². The molecule has 0 atom stereocenters. The SMILES string of the molecule is N#CC(C#N)=c1cc(C#N)/c(=C(/C#N)c2c(F)c(F)c(C#N)c(F)c2F)c(C#N)c1C#N. The third-order valence-electron chi connectivity index (χ3n) is 4.15. The highest BCUT2D eigenvalue weighted by Gasteiger charge is 2.29. The van der Waals surface area contributed by atoms with E-state index in [0.29, 0.717) is 0 Å². The Hall–Kier alpha value is -5.67. The average Bonchev–Trinajstić information content (AvgIpc) is 2.81. The number of benzene rings is 2. The van der Waals surface area contributed by atoms with Gasteiger partial charge in [-0.3, -0.25) is 0 Å². The quantitative estimate of drug-likeness (QED) is 0.492. The molecule has 0 fully saturated rings. The van der Waals surface area contributed by atoms with E-state index >= 15 is 0 Å². The molecule has 0 unspecified atom stereocenters. The third kappa shape index (κ3) is 3.20. The van der Waals surface area contributed by atoms with Gasteiger partial charge in [0.25, 0.3) is 0 Å². The minimum absolute atomic E-state index is 0.468. The number of halogens is 4. The minimum atomic E-state index is -2.14. The molecule has 0 aliphatic rings. The van der Waals surface area contributed by atoms with E-state index in [4.69, 9.17) is 15.8 Å². The maximum Gasteiger partial charge on any atom is 0.180 e. The molecule has 2 rings (SSSR count). The van der Waals surface area contributed by atoms with Gasteiger partial charge in [0.1, 0.15) is 47.6 Å². The van der Waals surface area contributed by atoms with Crippen molar-refractivity contribution in [1.29, 1.82) is 36.8 Å². The van der Waals surface area contributed by atoms with Crippen LogP contribution in [0.3, 0.4) is 0 Å². The molecule has 0 aromatic heterocycles. The van der Waals surface area contributed by atoms with E-state index in [1.165, 1.54) is 36.4 Å².